The minimum Gasteiger partial charge on any atom is -0.492 e. The lowest BCUT2D eigenvalue weighted by Gasteiger charge is -2.07. The average molecular weight is 254 g/mol. The van der Waals surface area contributed by atoms with E-state index in [9.17, 15) is 0 Å². The van der Waals surface area contributed by atoms with Crippen LogP contribution in [0.3, 0.4) is 0 Å². The van der Waals surface area contributed by atoms with Gasteiger partial charge in [-0.25, -0.2) is 0 Å². The van der Waals surface area contributed by atoms with Crippen LogP contribution in [-0.4, -0.2) is 6.61 Å². The van der Waals surface area contributed by atoms with E-state index in [1.807, 2.05) is 6.07 Å². The molecule has 2 aromatic rings. The molecule has 84 valence electrons. The highest BCUT2D eigenvalue weighted by atomic mass is 35.5. The third kappa shape index (κ3) is 2.90. The number of nitrogen functional groups attached to an aromatic ring is 1. The summed E-state index contributed by atoms with van der Waals surface area (Å²) in [6.07, 6.45) is 0.901. The molecular formula is C12H12ClNOS. The van der Waals surface area contributed by atoms with Gasteiger partial charge in [-0.15, -0.1) is 11.3 Å². The number of hydrogen-bond donors (Lipinski definition) is 1. The number of ether oxygens (including phenoxy) is 1. The van der Waals surface area contributed by atoms with Crippen molar-refractivity contribution in [2.24, 2.45) is 0 Å². The van der Waals surface area contributed by atoms with Crippen molar-refractivity contribution in [1.29, 1.82) is 0 Å². The van der Waals surface area contributed by atoms with Crippen LogP contribution >= 0.6 is 22.9 Å². The fourth-order valence-electron chi connectivity index (χ4n) is 1.35. The smallest absolute Gasteiger partial charge is 0.138 e. The van der Waals surface area contributed by atoms with Crippen molar-refractivity contribution in [2.75, 3.05) is 12.3 Å². The van der Waals surface area contributed by atoms with Gasteiger partial charge in [-0.2, -0.15) is 0 Å². The molecule has 0 spiro atoms. The number of thiophene rings is 1. The van der Waals surface area contributed by atoms with Gasteiger partial charge < -0.3 is 10.5 Å². The van der Waals surface area contributed by atoms with Gasteiger partial charge in [0.1, 0.15) is 5.75 Å². The highest BCUT2D eigenvalue weighted by molar-refractivity contribution is 7.09. The molecule has 0 fully saturated rings. The molecule has 0 aliphatic rings. The molecule has 0 aliphatic carbocycles. The summed E-state index contributed by atoms with van der Waals surface area (Å²) in [5.74, 6) is 0.687. The standard InChI is InChI=1S/C12H12ClNOS/c13-11-8-9(14)3-4-12(11)15-6-5-10-2-1-7-16-10/h1-4,7-8H,5-6,14H2. The molecule has 1 aromatic heterocycles. The fraction of sp³-hybridized carbons (Fsp3) is 0.167. The molecule has 0 atom stereocenters. The second-order valence-electron chi connectivity index (χ2n) is 3.37. The van der Waals surface area contributed by atoms with E-state index in [2.05, 4.69) is 11.4 Å². The molecule has 1 aromatic carbocycles. The van der Waals surface area contributed by atoms with Gasteiger partial charge in [0.05, 0.1) is 11.6 Å². The topological polar surface area (TPSA) is 35.2 Å². The fourth-order valence-corrected chi connectivity index (χ4v) is 2.28. The van der Waals surface area contributed by atoms with Crippen LogP contribution in [0.5, 0.6) is 5.75 Å². The lowest BCUT2D eigenvalue weighted by Crippen LogP contribution is -2.00. The number of benzene rings is 1. The predicted molar refractivity (Wildman–Crippen MR) is 69.4 cm³/mol. The number of halogens is 1. The Balaban J connectivity index is 1.90. The molecule has 0 radical (unpaired) electrons. The zero-order valence-electron chi connectivity index (χ0n) is 8.65. The maximum atomic E-state index is 5.99. The van der Waals surface area contributed by atoms with E-state index in [1.165, 1.54) is 4.88 Å². The first-order chi connectivity index (χ1) is 7.75. The van der Waals surface area contributed by atoms with E-state index in [-0.39, 0.29) is 0 Å². The van der Waals surface area contributed by atoms with Crippen LogP contribution in [-0.2, 0) is 6.42 Å². The second-order valence-corrected chi connectivity index (χ2v) is 4.81. The molecule has 4 heteroatoms. The van der Waals surface area contributed by atoms with Crippen LogP contribution in [0.4, 0.5) is 5.69 Å². The third-order valence-corrected chi connectivity index (χ3v) is 3.37. The lowest BCUT2D eigenvalue weighted by molar-refractivity contribution is 0.323. The molecule has 0 aliphatic heterocycles. The van der Waals surface area contributed by atoms with Crippen LogP contribution in [0.15, 0.2) is 35.7 Å². The predicted octanol–water partition coefficient (Wildman–Crippen LogP) is 3.61. The largest absolute Gasteiger partial charge is 0.492 e. The molecule has 0 saturated heterocycles. The van der Waals surface area contributed by atoms with Crippen LogP contribution in [0.1, 0.15) is 4.88 Å². The van der Waals surface area contributed by atoms with Crippen molar-refractivity contribution in [1.82, 2.24) is 0 Å². The zero-order valence-corrected chi connectivity index (χ0v) is 10.2. The number of rotatable bonds is 4. The van der Waals surface area contributed by atoms with E-state index in [0.717, 1.165) is 6.42 Å². The van der Waals surface area contributed by atoms with E-state index >= 15 is 0 Å². The molecule has 0 bridgehead atoms. The van der Waals surface area contributed by atoms with Gasteiger partial charge in [-0.1, -0.05) is 17.7 Å². The molecule has 0 unspecified atom stereocenters. The average Bonchev–Trinajstić information content (AvgIpc) is 2.74. The van der Waals surface area contributed by atoms with Crippen molar-refractivity contribution in [3.8, 4) is 5.75 Å². The molecular weight excluding hydrogens is 242 g/mol. The molecule has 0 saturated carbocycles. The van der Waals surface area contributed by atoms with Gasteiger partial charge in [0.2, 0.25) is 0 Å². The summed E-state index contributed by atoms with van der Waals surface area (Å²) in [6, 6.07) is 9.41. The summed E-state index contributed by atoms with van der Waals surface area (Å²) in [4.78, 5) is 1.31. The molecule has 2 nitrogen and oxygen atoms in total. The van der Waals surface area contributed by atoms with E-state index in [1.54, 1.807) is 29.5 Å². The van der Waals surface area contributed by atoms with E-state index in [0.29, 0.717) is 23.1 Å². The Hall–Kier alpha value is -1.19. The van der Waals surface area contributed by atoms with Crippen molar-refractivity contribution in [3.05, 3.63) is 45.6 Å². The molecule has 1 heterocycles. The highest BCUT2D eigenvalue weighted by Gasteiger charge is 2.02. The van der Waals surface area contributed by atoms with Gasteiger partial charge in [-0.3, -0.25) is 0 Å². The van der Waals surface area contributed by atoms with Gasteiger partial charge in [-0.05, 0) is 29.6 Å². The van der Waals surface area contributed by atoms with Crippen molar-refractivity contribution < 1.29 is 4.74 Å². The Morgan fingerprint density at radius 3 is 2.88 bits per heavy atom. The number of nitrogens with two attached hydrogens (primary N) is 1. The summed E-state index contributed by atoms with van der Waals surface area (Å²) in [5.41, 5.74) is 6.24. The van der Waals surface area contributed by atoms with Crippen molar-refractivity contribution in [3.63, 3.8) is 0 Å². The van der Waals surface area contributed by atoms with Crippen LogP contribution in [0, 0.1) is 0 Å². The number of anilines is 1. The second kappa shape index (κ2) is 5.23. The number of hydrogen-bond acceptors (Lipinski definition) is 3. The summed E-state index contributed by atoms with van der Waals surface area (Å²) >= 11 is 7.72. The molecule has 2 rings (SSSR count). The normalized spacial score (nSPS) is 10.3. The summed E-state index contributed by atoms with van der Waals surface area (Å²) in [6.45, 7) is 0.629. The highest BCUT2D eigenvalue weighted by Crippen LogP contribution is 2.26. The summed E-state index contributed by atoms with van der Waals surface area (Å²) in [7, 11) is 0. The Morgan fingerprint density at radius 2 is 2.19 bits per heavy atom. The third-order valence-electron chi connectivity index (χ3n) is 2.14. The van der Waals surface area contributed by atoms with Gasteiger partial charge in [0, 0.05) is 17.0 Å². The van der Waals surface area contributed by atoms with Gasteiger partial charge in [0.15, 0.2) is 0 Å². The minimum atomic E-state index is 0.561. The zero-order chi connectivity index (χ0) is 11.4. The summed E-state index contributed by atoms with van der Waals surface area (Å²) in [5, 5.41) is 2.62. The first kappa shape index (κ1) is 11.3. The van der Waals surface area contributed by atoms with Crippen molar-refractivity contribution in [2.45, 2.75) is 6.42 Å². The Labute approximate surface area is 104 Å². The van der Waals surface area contributed by atoms with E-state index in [4.69, 9.17) is 22.1 Å². The van der Waals surface area contributed by atoms with Crippen LogP contribution in [0.2, 0.25) is 5.02 Å². The quantitative estimate of drug-likeness (QED) is 0.845. The van der Waals surface area contributed by atoms with Gasteiger partial charge in [0.25, 0.3) is 0 Å². The van der Waals surface area contributed by atoms with E-state index < -0.39 is 0 Å². The summed E-state index contributed by atoms with van der Waals surface area (Å²) < 4.78 is 5.58. The minimum absolute atomic E-state index is 0.561. The van der Waals surface area contributed by atoms with Crippen molar-refractivity contribution >= 4 is 28.6 Å². The molecule has 2 N–H and O–H groups in total. The molecule has 16 heavy (non-hydrogen) atoms. The Kier molecular flexibility index (Phi) is 3.70. The lowest BCUT2D eigenvalue weighted by atomic mass is 10.3. The monoisotopic (exact) mass is 253 g/mol. The first-order valence-corrected chi connectivity index (χ1v) is 6.21. The van der Waals surface area contributed by atoms with Gasteiger partial charge >= 0.3 is 0 Å². The van der Waals surface area contributed by atoms with Crippen LogP contribution < -0.4 is 10.5 Å². The SMILES string of the molecule is Nc1ccc(OCCc2cccs2)c(Cl)c1. The maximum absolute atomic E-state index is 5.99. The van der Waals surface area contributed by atoms with Crippen LogP contribution in [0.25, 0.3) is 0 Å². The first-order valence-electron chi connectivity index (χ1n) is 4.96. The maximum Gasteiger partial charge on any atom is 0.138 e. The Bertz CT molecular complexity index is 456. The Morgan fingerprint density at radius 1 is 1.31 bits per heavy atom. The molecule has 0 amide bonds.